The lowest BCUT2D eigenvalue weighted by Crippen LogP contribution is -2.27. The van der Waals surface area contributed by atoms with Gasteiger partial charge < -0.3 is 19.8 Å². The zero-order chi connectivity index (χ0) is 21.9. The molecule has 1 aliphatic rings. The summed E-state index contributed by atoms with van der Waals surface area (Å²) in [6.07, 6.45) is 8.41. The molecule has 1 aromatic carbocycles. The van der Waals surface area contributed by atoms with Crippen LogP contribution in [0.2, 0.25) is 0 Å². The molecular formula is C23H22N6O3. The van der Waals surface area contributed by atoms with E-state index in [0.29, 0.717) is 36.5 Å². The van der Waals surface area contributed by atoms with Crippen molar-refractivity contribution in [1.29, 1.82) is 0 Å². The van der Waals surface area contributed by atoms with Gasteiger partial charge in [-0.05, 0) is 43.2 Å². The van der Waals surface area contributed by atoms with Crippen LogP contribution in [0.1, 0.15) is 28.9 Å². The molecule has 3 aromatic heterocycles. The van der Waals surface area contributed by atoms with E-state index in [2.05, 4.69) is 20.7 Å². The van der Waals surface area contributed by atoms with Crippen molar-refractivity contribution >= 4 is 28.8 Å². The first-order valence-electron chi connectivity index (χ1n) is 10.4. The molecule has 0 saturated carbocycles. The van der Waals surface area contributed by atoms with Crippen LogP contribution in [0.3, 0.4) is 0 Å². The second-order valence-electron chi connectivity index (χ2n) is 7.65. The summed E-state index contributed by atoms with van der Waals surface area (Å²) in [6, 6.07) is 12.6. The van der Waals surface area contributed by atoms with Gasteiger partial charge in [-0.15, -0.1) is 0 Å². The second kappa shape index (κ2) is 8.64. The van der Waals surface area contributed by atoms with Crippen molar-refractivity contribution in [1.82, 2.24) is 19.2 Å². The third-order valence-electron chi connectivity index (χ3n) is 5.24. The molecule has 4 heterocycles. The summed E-state index contributed by atoms with van der Waals surface area (Å²) < 4.78 is 9.07. The van der Waals surface area contributed by atoms with Crippen LogP contribution in [-0.4, -0.2) is 43.7 Å². The molecule has 1 saturated heterocycles. The van der Waals surface area contributed by atoms with Crippen LogP contribution < -0.4 is 10.6 Å². The van der Waals surface area contributed by atoms with Gasteiger partial charge >= 0.3 is 0 Å². The molecule has 32 heavy (non-hydrogen) atoms. The van der Waals surface area contributed by atoms with Gasteiger partial charge in [-0.25, -0.2) is 4.98 Å². The van der Waals surface area contributed by atoms with Crippen LogP contribution in [0.15, 0.2) is 67.3 Å². The normalized spacial score (nSPS) is 15.7. The fourth-order valence-corrected chi connectivity index (χ4v) is 3.69. The number of rotatable bonds is 6. The van der Waals surface area contributed by atoms with Gasteiger partial charge in [-0.3, -0.25) is 14.3 Å². The number of aromatic nitrogens is 4. The number of amides is 2. The van der Waals surface area contributed by atoms with E-state index in [9.17, 15) is 9.59 Å². The van der Waals surface area contributed by atoms with Crippen molar-refractivity contribution in [2.75, 3.05) is 17.2 Å². The average Bonchev–Trinajstić information content (AvgIpc) is 3.55. The number of pyridine rings is 1. The van der Waals surface area contributed by atoms with Crippen molar-refractivity contribution < 1.29 is 14.3 Å². The first-order chi connectivity index (χ1) is 15.6. The number of anilines is 2. The van der Waals surface area contributed by atoms with Gasteiger partial charge in [-0.2, -0.15) is 5.10 Å². The molecule has 1 fully saturated rings. The summed E-state index contributed by atoms with van der Waals surface area (Å²) in [7, 11) is 0. The summed E-state index contributed by atoms with van der Waals surface area (Å²) in [6.45, 7) is 1.09. The second-order valence-corrected chi connectivity index (χ2v) is 7.65. The molecule has 2 amide bonds. The molecule has 5 rings (SSSR count). The third kappa shape index (κ3) is 4.37. The highest BCUT2D eigenvalue weighted by atomic mass is 16.5. The predicted molar refractivity (Wildman–Crippen MR) is 119 cm³/mol. The largest absolute Gasteiger partial charge is 0.368 e. The fraction of sp³-hybridized carbons (Fsp3) is 0.217. The molecular weight excluding hydrogens is 408 g/mol. The van der Waals surface area contributed by atoms with E-state index in [-0.39, 0.29) is 11.8 Å². The Bertz CT molecular complexity index is 1240. The minimum atomic E-state index is -0.425. The van der Waals surface area contributed by atoms with E-state index >= 15 is 0 Å². The highest BCUT2D eigenvalue weighted by Gasteiger charge is 2.23. The number of nitrogens with one attached hydrogen (secondary N) is 2. The average molecular weight is 430 g/mol. The van der Waals surface area contributed by atoms with E-state index in [4.69, 9.17) is 4.74 Å². The Morgan fingerprint density at radius 3 is 2.88 bits per heavy atom. The molecule has 1 atom stereocenters. The molecule has 0 spiro atoms. The minimum absolute atomic E-state index is 0.187. The number of nitrogens with zero attached hydrogens (tertiary/aromatic N) is 4. The van der Waals surface area contributed by atoms with Gasteiger partial charge in [0.25, 0.3) is 11.8 Å². The van der Waals surface area contributed by atoms with Crippen LogP contribution in [0.5, 0.6) is 0 Å². The van der Waals surface area contributed by atoms with Gasteiger partial charge in [0.2, 0.25) is 0 Å². The van der Waals surface area contributed by atoms with Crippen LogP contribution >= 0.6 is 0 Å². The number of benzene rings is 1. The summed E-state index contributed by atoms with van der Waals surface area (Å²) in [5.74, 6) is -0.473. The SMILES string of the molecule is O=C(Nc1cnn(Cc2cn3ccccc3n2)c1)c1cccc(NC(=O)C2CCCO2)c1. The van der Waals surface area contributed by atoms with Crippen molar-refractivity contribution in [3.8, 4) is 0 Å². The Labute approximate surface area is 184 Å². The van der Waals surface area contributed by atoms with Gasteiger partial charge in [0.05, 0.1) is 24.1 Å². The summed E-state index contributed by atoms with van der Waals surface area (Å²) in [5.41, 5.74) is 3.30. The van der Waals surface area contributed by atoms with Crippen LogP contribution in [0.25, 0.3) is 5.65 Å². The maximum atomic E-state index is 12.7. The van der Waals surface area contributed by atoms with E-state index < -0.39 is 6.10 Å². The highest BCUT2D eigenvalue weighted by molar-refractivity contribution is 6.05. The molecule has 4 aromatic rings. The summed E-state index contributed by atoms with van der Waals surface area (Å²) >= 11 is 0. The number of fused-ring (bicyclic) bond motifs is 1. The lowest BCUT2D eigenvalue weighted by Gasteiger charge is -2.11. The molecule has 0 aliphatic carbocycles. The maximum Gasteiger partial charge on any atom is 0.255 e. The Morgan fingerprint density at radius 2 is 2.03 bits per heavy atom. The monoisotopic (exact) mass is 430 g/mol. The van der Waals surface area contributed by atoms with Gasteiger partial charge in [0.1, 0.15) is 11.8 Å². The Morgan fingerprint density at radius 1 is 1.09 bits per heavy atom. The number of ether oxygens (including phenoxy) is 1. The van der Waals surface area contributed by atoms with Gasteiger partial charge in [0.15, 0.2) is 0 Å². The molecule has 162 valence electrons. The lowest BCUT2D eigenvalue weighted by atomic mass is 10.1. The minimum Gasteiger partial charge on any atom is -0.368 e. The molecule has 0 bridgehead atoms. The van der Waals surface area contributed by atoms with Crippen molar-refractivity contribution in [2.45, 2.75) is 25.5 Å². The van der Waals surface area contributed by atoms with E-state index in [1.807, 2.05) is 35.0 Å². The summed E-state index contributed by atoms with van der Waals surface area (Å²) in [4.78, 5) is 29.5. The number of imidazole rings is 1. The first kappa shape index (κ1) is 20.0. The van der Waals surface area contributed by atoms with Crippen LogP contribution in [0, 0.1) is 0 Å². The highest BCUT2D eigenvalue weighted by Crippen LogP contribution is 2.17. The van der Waals surface area contributed by atoms with Crippen LogP contribution in [-0.2, 0) is 16.1 Å². The lowest BCUT2D eigenvalue weighted by molar-refractivity contribution is -0.124. The molecule has 9 heteroatoms. The zero-order valence-electron chi connectivity index (χ0n) is 17.3. The van der Waals surface area contributed by atoms with Crippen molar-refractivity contribution in [3.63, 3.8) is 0 Å². The van der Waals surface area contributed by atoms with Gasteiger partial charge in [-0.1, -0.05) is 12.1 Å². The van der Waals surface area contributed by atoms with Gasteiger partial charge in [0, 0.05) is 36.4 Å². The fourth-order valence-electron chi connectivity index (χ4n) is 3.69. The number of carbonyl (C=O) groups is 2. The topological polar surface area (TPSA) is 103 Å². The molecule has 1 aliphatic heterocycles. The summed E-state index contributed by atoms with van der Waals surface area (Å²) in [5, 5.41) is 9.97. The third-order valence-corrected chi connectivity index (χ3v) is 5.24. The standard InChI is InChI=1S/C23H22N6O3/c30-22(16-5-3-6-17(11-16)26-23(31)20-7-4-10-32-20)27-18-12-24-29(14-18)15-19-13-28-9-2-1-8-21(28)25-19/h1-3,5-6,8-9,11-14,20H,4,7,10,15H2,(H,26,31)(H,27,30). The first-order valence-corrected chi connectivity index (χ1v) is 10.4. The molecule has 9 nitrogen and oxygen atoms in total. The molecule has 1 unspecified atom stereocenters. The Kier molecular flexibility index (Phi) is 5.39. The van der Waals surface area contributed by atoms with E-state index in [1.165, 1.54) is 0 Å². The Hall–Kier alpha value is -3.98. The van der Waals surface area contributed by atoms with E-state index in [0.717, 1.165) is 17.8 Å². The molecule has 0 radical (unpaired) electrons. The quantitative estimate of drug-likeness (QED) is 0.490. The molecule has 2 N–H and O–H groups in total. The number of carbonyl (C=O) groups excluding carboxylic acids is 2. The number of hydrogen-bond acceptors (Lipinski definition) is 5. The zero-order valence-corrected chi connectivity index (χ0v) is 17.3. The number of hydrogen-bond donors (Lipinski definition) is 2. The Balaban J connectivity index is 1.22. The maximum absolute atomic E-state index is 12.7. The van der Waals surface area contributed by atoms with Crippen molar-refractivity contribution in [3.05, 3.63) is 78.5 Å². The van der Waals surface area contributed by atoms with E-state index in [1.54, 1.807) is 41.3 Å². The van der Waals surface area contributed by atoms with Crippen molar-refractivity contribution in [2.24, 2.45) is 0 Å². The smallest absolute Gasteiger partial charge is 0.255 e. The predicted octanol–water partition coefficient (Wildman–Crippen LogP) is 2.95. The van der Waals surface area contributed by atoms with Crippen LogP contribution in [0.4, 0.5) is 11.4 Å².